The Balaban J connectivity index is 1.72. The largest absolute Gasteiger partial charge is 0.438 e. The zero-order chi connectivity index (χ0) is 22.4. The number of carbonyl (C=O) groups excluding carboxylic acids is 1. The van der Waals surface area contributed by atoms with Gasteiger partial charge in [0.15, 0.2) is 0 Å². The highest BCUT2D eigenvalue weighted by Gasteiger charge is 2.16. The first-order valence-electron chi connectivity index (χ1n) is 9.80. The Morgan fingerprint density at radius 2 is 1.87 bits per heavy atom. The second kappa shape index (κ2) is 9.40. The number of benzene rings is 2. The molecule has 1 amide bonds. The molecule has 0 atom stereocenters. The van der Waals surface area contributed by atoms with Gasteiger partial charge in [-0.3, -0.25) is 4.79 Å². The second-order valence-electron chi connectivity index (χ2n) is 7.61. The van der Waals surface area contributed by atoms with Crippen LogP contribution in [-0.2, 0) is 12.1 Å². The van der Waals surface area contributed by atoms with E-state index >= 15 is 0 Å². The summed E-state index contributed by atoms with van der Waals surface area (Å²) in [5.41, 5.74) is 2.22. The van der Waals surface area contributed by atoms with Gasteiger partial charge in [0, 0.05) is 18.3 Å². The lowest BCUT2D eigenvalue weighted by atomic mass is 9.97. The summed E-state index contributed by atoms with van der Waals surface area (Å²) >= 11 is 0. The van der Waals surface area contributed by atoms with Crippen molar-refractivity contribution in [3.8, 4) is 11.6 Å². The van der Waals surface area contributed by atoms with E-state index < -0.39 is 5.60 Å². The number of aromatic nitrogens is 1. The van der Waals surface area contributed by atoms with Crippen molar-refractivity contribution in [3.63, 3.8) is 0 Å². The summed E-state index contributed by atoms with van der Waals surface area (Å²) in [6.07, 6.45) is 1.55. The average Bonchev–Trinajstić information content (AvgIpc) is 2.77. The van der Waals surface area contributed by atoms with Crippen molar-refractivity contribution in [1.29, 1.82) is 0 Å². The molecule has 0 saturated heterocycles. The maximum absolute atomic E-state index is 12.8. The van der Waals surface area contributed by atoms with E-state index in [9.17, 15) is 9.90 Å². The lowest BCUT2D eigenvalue weighted by molar-refractivity contribution is 0.0785. The fraction of sp³-hybridized carbons (Fsp3) is 0.208. The third kappa shape index (κ3) is 5.67. The molecule has 3 rings (SSSR count). The number of oxime groups is 1. The van der Waals surface area contributed by atoms with Crippen molar-refractivity contribution >= 4 is 11.6 Å². The van der Waals surface area contributed by atoms with Gasteiger partial charge in [0.25, 0.3) is 5.91 Å². The zero-order valence-electron chi connectivity index (χ0n) is 17.7. The van der Waals surface area contributed by atoms with E-state index in [0.717, 1.165) is 11.1 Å². The minimum Gasteiger partial charge on any atom is -0.438 e. The molecular formula is C24H25N3O4. The van der Waals surface area contributed by atoms with Gasteiger partial charge in [0.05, 0.1) is 11.3 Å². The van der Waals surface area contributed by atoms with Crippen molar-refractivity contribution in [2.24, 2.45) is 5.16 Å². The van der Waals surface area contributed by atoms with Crippen LogP contribution < -0.4 is 10.1 Å². The minimum absolute atomic E-state index is 0.174. The molecule has 0 spiro atoms. The highest BCUT2D eigenvalue weighted by Crippen LogP contribution is 2.24. The molecule has 0 saturated carbocycles. The first-order chi connectivity index (χ1) is 14.8. The Morgan fingerprint density at radius 1 is 1.13 bits per heavy atom. The molecule has 0 bridgehead atoms. The quantitative estimate of drug-likeness (QED) is 0.302. The summed E-state index contributed by atoms with van der Waals surface area (Å²) in [5.74, 6) is 0.322. The number of rotatable bonds is 7. The smallest absolute Gasteiger partial charge is 0.257 e. The predicted octanol–water partition coefficient (Wildman–Crippen LogP) is 4.23. The van der Waals surface area contributed by atoms with Crippen molar-refractivity contribution in [2.75, 3.05) is 0 Å². The SMILES string of the molecule is C/C(=N\O)c1cccc(Oc2ncccc2C(=O)NCc2ccc(C(C)(C)O)cc2)c1. The van der Waals surface area contributed by atoms with Crippen LogP contribution in [0.2, 0.25) is 0 Å². The van der Waals surface area contributed by atoms with Crippen LogP contribution in [0.5, 0.6) is 11.6 Å². The summed E-state index contributed by atoms with van der Waals surface area (Å²) in [7, 11) is 0. The number of hydrogen-bond acceptors (Lipinski definition) is 6. The Kier molecular flexibility index (Phi) is 6.67. The normalized spacial score (nSPS) is 11.8. The molecule has 0 radical (unpaired) electrons. The van der Waals surface area contributed by atoms with Crippen molar-refractivity contribution in [3.05, 3.63) is 89.1 Å². The first kappa shape index (κ1) is 22.0. The van der Waals surface area contributed by atoms with E-state index in [1.165, 1.54) is 0 Å². The van der Waals surface area contributed by atoms with Gasteiger partial charge in [-0.05, 0) is 56.2 Å². The number of pyridine rings is 1. The summed E-state index contributed by atoms with van der Waals surface area (Å²) < 4.78 is 5.83. The lowest BCUT2D eigenvalue weighted by Crippen LogP contribution is -2.23. The third-order valence-electron chi connectivity index (χ3n) is 4.75. The number of ether oxygens (including phenoxy) is 1. The second-order valence-corrected chi connectivity index (χ2v) is 7.61. The Bertz CT molecular complexity index is 1090. The fourth-order valence-corrected chi connectivity index (χ4v) is 2.91. The maximum atomic E-state index is 12.8. The van der Waals surface area contributed by atoms with Crippen molar-refractivity contribution in [1.82, 2.24) is 10.3 Å². The molecule has 3 N–H and O–H groups in total. The van der Waals surface area contributed by atoms with Gasteiger partial charge in [-0.1, -0.05) is 41.6 Å². The van der Waals surface area contributed by atoms with Crippen LogP contribution in [0.15, 0.2) is 72.0 Å². The Morgan fingerprint density at radius 3 is 2.55 bits per heavy atom. The van der Waals surface area contributed by atoms with Crippen LogP contribution in [0.4, 0.5) is 0 Å². The third-order valence-corrected chi connectivity index (χ3v) is 4.75. The van der Waals surface area contributed by atoms with E-state index in [2.05, 4.69) is 15.5 Å². The molecule has 31 heavy (non-hydrogen) atoms. The molecule has 1 aromatic heterocycles. The number of nitrogens with zero attached hydrogens (tertiary/aromatic N) is 2. The summed E-state index contributed by atoms with van der Waals surface area (Å²) in [6, 6.07) is 17.7. The maximum Gasteiger partial charge on any atom is 0.257 e. The Labute approximate surface area is 181 Å². The number of amides is 1. The Hall–Kier alpha value is -3.71. The van der Waals surface area contributed by atoms with E-state index in [1.807, 2.05) is 24.3 Å². The van der Waals surface area contributed by atoms with Gasteiger partial charge in [-0.25, -0.2) is 4.98 Å². The topological polar surface area (TPSA) is 104 Å². The molecule has 3 aromatic rings. The number of nitrogens with one attached hydrogen (secondary N) is 1. The van der Waals surface area contributed by atoms with Crippen LogP contribution >= 0.6 is 0 Å². The molecule has 0 aliphatic heterocycles. The van der Waals surface area contributed by atoms with E-state index in [0.29, 0.717) is 29.1 Å². The van der Waals surface area contributed by atoms with Crippen molar-refractivity contribution < 1.29 is 19.8 Å². The van der Waals surface area contributed by atoms with E-state index in [4.69, 9.17) is 9.94 Å². The van der Waals surface area contributed by atoms with E-state index in [-0.39, 0.29) is 11.8 Å². The van der Waals surface area contributed by atoms with Gasteiger partial charge in [-0.2, -0.15) is 0 Å². The fourth-order valence-electron chi connectivity index (χ4n) is 2.91. The number of aliphatic hydroxyl groups is 1. The number of carbonyl (C=O) groups is 1. The highest BCUT2D eigenvalue weighted by molar-refractivity contribution is 5.98. The average molecular weight is 419 g/mol. The highest BCUT2D eigenvalue weighted by atomic mass is 16.5. The van der Waals surface area contributed by atoms with Crippen LogP contribution in [0.3, 0.4) is 0 Å². The van der Waals surface area contributed by atoms with Gasteiger partial charge in [0.2, 0.25) is 5.88 Å². The molecule has 0 fully saturated rings. The summed E-state index contributed by atoms with van der Waals surface area (Å²) in [5, 5.41) is 25.1. The molecule has 160 valence electrons. The zero-order valence-corrected chi connectivity index (χ0v) is 17.7. The molecule has 0 unspecified atom stereocenters. The van der Waals surface area contributed by atoms with E-state index in [1.54, 1.807) is 63.4 Å². The molecule has 7 heteroatoms. The van der Waals surface area contributed by atoms with Crippen LogP contribution in [0.1, 0.15) is 47.8 Å². The molecular weight excluding hydrogens is 394 g/mol. The molecule has 7 nitrogen and oxygen atoms in total. The standard InChI is InChI=1S/C24H25N3O4/c1-16(27-30)18-6-4-7-20(14-18)31-23-21(8-5-13-25-23)22(28)26-15-17-9-11-19(12-10-17)24(2,3)29/h4-14,29-30H,15H2,1-3H3,(H,26,28)/b27-16+. The van der Waals surface area contributed by atoms with Crippen LogP contribution in [0, 0.1) is 0 Å². The molecule has 0 aliphatic rings. The first-order valence-corrected chi connectivity index (χ1v) is 9.80. The monoisotopic (exact) mass is 419 g/mol. The van der Waals surface area contributed by atoms with Crippen LogP contribution in [-0.4, -0.2) is 26.9 Å². The predicted molar refractivity (Wildman–Crippen MR) is 118 cm³/mol. The van der Waals surface area contributed by atoms with Gasteiger partial charge >= 0.3 is 0 Å². The summed E-state index contributed by atoms with van der Waals surface area (Å²) in [4.78, 5) is 16.9. The van der Waals surface area contributed by atoms with Crippen molar-refractivity contribution in [2.45, 2.75) is 32.9 Å². The molecule has 1 heterocycles. The van der Waals surface area contributed by atoms with Crippen LogP contribution in [0.25, 0.3) is 0 Å². The lowest BCUT2D eigenvalue weighted by Gasteiger charge is -2.18. The van der Waals surface area contributed by atoms with Gasteiger partial charge in [0.1, 0.15) is 11.3 Å². The van der Waals surface area contributed by atoms with Gasteiger partial charge in [-0.15, -0.1) is 0 Å². The summed E-state index contributed by atoms with van der Waals surface area (Å²) in [6.45, 7) is 5.44. The number of hydrogen-bond donors (Lipinski definition) is 3. The van der Waals surface area contributed by atoms with Gasteiger partial charge < -0.3 is 20.4 Å². The minimum atomic E-state index is -0.914. The molecule has 2 aromatic carbocycles. The molecule has 0 aliphatic carbocycles.